The molecule has 1 heterocycles. The van der Waals surface area contributed by atoms with Gasteiger partial charge in [0.2, 0.25) is 0 Å². The second-order valence-electron chi connectivity index (χ2n) is 5.30. The maximum atomic E-state index is 11.7. The number of hydrogen-bond donors (Lipinski definition) is 4. The van der Waals surface area contributed by atoms with E-state index in [1.807, 2.05) is 25.1 Å². The first-order valence-corrected chi connectivity index (χ1v) is 7.41. The SMILES string of the molecule is CC(CCCO)NC(=O)NCCc1cc2ccccc2[nH]1. The average Bonchev–Trinajstić information content (AvgIpc) is 2.87. The number of carbonyl (C=O) groups excluding carboxylic acids is 1. The van der Waals surface area contributed by atoms with Crippen LogP contribution in [0.4, 0.5) is 4.79 Å². The first-order chi connectivity index (χ1) is 10.2. The van der Waals surface area contributed by atoms with Gasteiger partial charge in [0.15, 0.2) is 0 Å². The van der Waals surface area contributed by atoms with Crippen molar-refractivity contribution in [1.29, 1.82) is 0 Å². The Hall–Kier alpha value is -2.01. The summed E-state index contributed by atoms with van der Waals surface area (Å²) in [5.74, 6) is 0. The number of benzene rings is 1. The Labute approximate surface area is 124 Å². The highest BCUT2D eigenvalue weighted by Gasteiger charge is 2.06. The molecule has 0 radical (unpaired) electrons. The van der Waals surface area contributed by atoms with E-state index in [1.165, 1.54) is 5.39 Å². The fourth-order valence-electron chi connectivity index (χ4n) is 2.32. The maximum absolute atomic E-state index is 11.7. The highest BCUT2D eigenvalue weighted by Crippen LogP contribution is 2.14. The number of aromatic amines is 1. The molecule has 1 aromatic carbocycles. The van der Waals surface area contributed by atoms with Gasteiger partial charge in [-0.3, -0.25) is 0 Å². The number of aliphatic hydroxyl groups is 1. The molecule has 2 amide bonds. The summed E-state index contributed by atoms with van der Waals surface area (Å²) in [6.45, 7) is 2.69. The normalized spacial score (nSPS) is 12.3. The van der Waals surface area contributed by atoms with Gasteiger partial charge < -0.3 is 20.7 Å². The molecular formula is C16H23N3O2. The molecule has 1 unspecified atom stereocenters. The molecule has 0 fully saturated rings. The largest absolute Gasteiger partial charge is 0.396 e. The Morgan fingerprint density at radius 1 is 1.38 bits per heavy atom. The van der Waals surface area contributed by atoms with Crippen LogP contribution in [0.2, 0.25) is 0 Å². The van der Waals surface area contributed by atoms with Gasteiger partial charge >= 0.3 is 6.03 Å². The van der Waals surface area contributed by atoms with E-state index in [2.05, 4.69) is 27.8 Å². The summed E-state index contributed by atoms with van der Waals surface area (Å²) < 4.78 is 0. The van der Waals surface area contributed by atoms with Gasteiger partial charge in [-0.1, -0.05) is 18.2 Å². The third kappa shape index (κ3) is 4.79. The zero-order chi connectivity index (χ0) is 15.1. The van der Waals surface area contributed by atoms with Crippen LogP contribution in [0.1, 0.15) is 25.5 Å². The Bertz CT molecular complexity index is 547. The van der Waals surface area contributed by atoms with E-state index in [-0.39, 0.29) is 18.7 Å². The quantitative estimate of drug-likeness (QED) is 0.630. The molecule has 1 aromatic heterocycles. The van der Waals surface area contributed by atoms with Crippen LogP contribution >= 0.6 is 0 Å². The summed E-state index contributed by atoms with van der Waals surface area (Å²) >= 11 is 0. The van der Waals surface area contributed by atoms with Crippen molar-refractivity contribution in [3.8, 4) is 0 Å². The van der Waals surface area contributed by atoms with Crippen molar-refractivity contribution in [3.63, 3.8) is 0 Å². The third-order valence-electron chi connectivity index (χ3n) is 3.44. The van der Waals surface area contributed by atoms with Crippen LogP contribution in [0.5, 0.6) is 0 Å². The molecule has 0 bridgehead atoms. The molecular weight excluding hydrogens is 266 g/mol. The summed E-state index contributed by atoms with van der Waals surface area (Å²) in [5, 5.41) is 15.6. The topological polar surface area (TPSA) is 77.2 Å². The lowest BCUT2D eigenvalue weighted by atomic mass is 10.2. The van der Waals surface area contributed by atoms with Gasteiger partial charge in [-0.2, -0.15) is 0 Å². The van der Waals surface area contributed by atoms with E-state index in [0.29, 0.717) is 13.0 Å². The molecule has 0 spiro atoms. The van der Waals surface area contributed by atoms with Crippen molar-refractivity contribution in [2.75, 3.05) is 13.2 Å². The number of rotatable bonds is 7. The van der Waals surface area contributed by atoms with Gasteiger partial charge in [0.25, 0.3) is 0 Å². The number of hydrogen-bond acceptors (Lipinski definition) is 2. The fraction of sp³-hybridized carbons (Fsp3) is 0.438. The zero-order valence-electron chi connectivity index (χ0n) is 12.4. The predicted octanol–water partition coefficient (Wildman–Crippen LogP) is 2.17. The monoisotopic (exact) mass is 289 g/mol. The summed E-state index contributed by atoms with van der Waals surface area (Å²) in [4.78, 5) is 15.0. The first kappa shape index (κ1) is 15.4. The molecule has 0 saturated carbocycles. The number of aliphatic hydroxyl groups excluding tert-OH is 1. The molecule has 0 aliphatic heterocycles. The lowest BCUT2D eigenvalue weighted by Gasteiger charge is -2.13. The Morgan fingerprint density at radius 3 is 2.95 bits per heavy atom. The van der Waals surface area contributed by atoms with Crippen molar-refractivity contribution < 1.29 is 9.90 Å². The maximum Gasteiger partial charge on any atom is 0.315 e. The van der Waals surface area contributed by atoms with E-state index in [9.17, 15) is 4.79 Å². The molecule has 4 N–H and O–H groups in total. The van der Waals surface area contributed by atoms with Gasteiger partial charge in [0, 0.05) is 36.8 Å². The van der Waals surface area contributed by atoms with Gasteiger partial charge in [-0.05, 0) is 37.3 Å². The van der Waals surface area contributed by atoms with Crippen molar-refractivity contribution in [1.82, 2.24) is 15.6 Å². The van der Waals surface area contributed by atoms with Crippen molar-refractivity contribution >= 4 is 16.9 Å². The third-order valence-corrected chi connectivity index (χ3v) is 3.44. The predicted molar refractivity (Wildman–Crippen MR) is 84.3 cm³/mol. The summed E-state index contributed by atoms with van der Waals surface area (Å²) in [5.41, 5.74) is 2.24. The van der Waals surface area contributed by atoms with Crippen LogP contribution in [0.3, 0.4) is 0 Å². The van der Waals surface area contributed by atoms with Crippen molar-refractivity contribution in [3.05, 3.63) is 36.0 Å². The molecule has 0 aliphatic rings. The standard InChI is InChI=1S/C16H23N3O2/c1-12(5-4-10-20)18-16(21)17-9-8-14-11-13-6-2-3-7-15(13)19-14/h2-3,6-7,11-12,19-20H,4-5,8-10H2,1H3,(H2,17,18,21). The fourth-order valence-corrected chi connectivity index (χ4v) is 2.32. The average molecular weight is 289 g/mol. The Morgan fingerprint density at radius 2 is 2.19 bits per heavy atom. The van der Waals surface area contributed by atoms with Crippen LogP contribution in [0.25, 0.3) is 10.9 Å². The number of H-pyrrole nitrogens is 1. The van der Waals surface area contributed by atoms with Crippen LogP contribution in [-0.4, -0.2) is 35.3 Å². The van der Waals surface area contributed by atoms with E-state index in [1.54, 1.807) is 0 Å². The molecule has 5 nitrogen and oxygen atoms in total. The van der Waals surface area contributed by atoms with E-state index in [0.717, 1.165) is 24.1 Å². The first-order valence-electron chi connectivity index (χ1n) is 7.41. The minimum Gasteiger partial charge on any atom is -0.396 e. The van der Waals surface area contributed by atoms with Gasteiger partial charge in [-0.25, -0.2) is 4.79 Å². The van der Waals surface area contributed by atoms with E-state index in [4.69, 9.17) is 5.11 Å². The highest BCUT2D eigenvalue weighted by molar-refractivity contribution is 5.80. The molecule has 2 rings (SSSR count). The summed E-state index contributed by atoms with van der Waals surface area (Å²) in [6.07, 6.45) is 2.26. The highest BCUT2D eigenvalue weighted by atomic mass is 16.3. The lowest BCUT2D eigenvalue weighted by Crippen LogP contribution is -2.41. The molecule has 114 valence electrons. The molecule has 0 saturated heterocycles. The van der Waals surface area contributed by atoms with Crippen LogP contribution < -0.4 is 10.6 Å². The van der Waals surface area contributed by atoms with Crippen LogP contribution in [0.15, 0.2) is 30.3 Å². The number of carbonyl (C=O) groups is 1. The zero-order valence-corrected chi connectivity index (χ0v) is 12.4. The second-order valence-corrected chi connectivity index (χ2v) is 5.30. The van der Waals surface area contributed by atoms with Gasteiger partial charge in [0.05, 0.1) is 0 Å². The summed E-state index contributed by atoms with van der Waals surface area (Å²) in [6, 6.07) is 10.2. The number of nitrogens with one attached hydrogen (secondary N) is 3. The van der Waals surface area contributed by atoms with Crippen molar-refractivity contribution in [2.45, 2.75) is 32.2 Å². The van der Waals surface area contributed by atoms with Crippen LogP contribution in [0, 0.1) is 0 Å². The molecule has 1 atom stereocenters. The molecule has 2 aromatic rings. The Balaban J connectivity index is 1.72. The Kier molecular flexibility index (Phi) is 5.63. The van der Waals surface area contributed by atoms with Gasteiger partial charge in [0.1, 0.15) is 0 Å². The number of amides is 2. The van der Waals surface area contributed by atoms with E-state index >= 15 is 0 Å². The number of urea groups is 1. The smallest absolute Gasteiger partial charge is 0.315 e. The lowest BCUT2D eigenvalue weighted by molar-refractivity contribution is 0.234. The number of fused-ring (bicyclic) bond motifs is 1. The minimum atomic E-state index is -0.156. The molecule has 0 aliphatic carbocycles. The van der Waals surface area contributed by atoms with Crippen molar-refractivity contribution in [2.24, 2.45) is 0 Å². The van der Waals surface area contributed by atoms with Crippen LogP contribution in [-0.2, 0) is 6.42 Å². The van der Waals surface area contributed by atoms with E-state index < -0.39 is 0 Å². The molecule has 5 heteroatoms. The number of aromatic nitrogens is 1. The molecule has 21 heavy (non-hydrogen) atoms. The second kappa shape index (κ2) is 7.69. The van der Waals surface area contributed by atoms with Gasteiger partial charge in [-0.15, -0.1) is 0 Å². The number of para-hydroxylation sites is 1. The minimum absolute atomic E-state index is 0.0743. The summed E-state index contributed by atoms with van der Waals surface area (Å²) in [7, 11) is 0.